The third-order valence-electron chi connectivity index (χ3n) is 2.64. The lowest BCUT2D eigenvalue weighted by Crippen LogP contribution is -2.03. The third-order valence-corrected chi connectivity index (χ3v) is 2.83. The van der Waals surface area contributed by atoms with Crippen LogP contribution >= 0.6 is 11.6 Å². The summed E-state index contributed by atoms with van der Waals surface area (Å²) >= 11 is 5.89. The van der Waals surface area contributed by atoms with Crippen LogP contribution in [0.15, 0.2) is 18.3 Å². The summed E-state index contributed by atoms with van der Waals surface area (Å²) in [6.07, 6.45) is 3.07. The van der Waals surface area contributed by atoms with E-state index in [1.807, 2.05) is 16.9 Å². The van der Waals surface area contributed by atoms with Crippen molar-refractivity contribution in [2.45, 2.75) is 33.7 Å². The number of nitrogens with zero attached hydrogens (tertiary/aromatic N) is 4. The molecule has 0 amide bonds. The van der Waals surface area contributed by atoms with Gasteiger partial charge in [-0.25, -0.2) is 9.97 Å². The van der Waals surface area contributed by atoms with E-state index in [1.54, 1.807) is 13.0 Å². The second-order valence-corrected chi connectivity index (χ2v) is 5.28. The summed E-state index contributed by atoms with van der Waals surface area (Å²) in [5, 5.41) is 7.99. The first-order valence-corrected chi connectivity index (χ1v) is 6.72. The lowest BCUT2D eigenvalue weighted by Gasteiger charge is -2.05. The van der Waals surface area contributed by atoms with Crippen molar-refractivity contribution in [3.8, 4) is 0 Å². The molecule has 0 saturated carbocycles. The Balaban J connectivity index is 2.03. The van der Waals surface area contributed by atoms with Gasteiger partial charge in [0, 0.05) is 24.9 Å². The topological polar surface area (TPSA) is 55.6 Å². The number of aryl methyl sites for hydroxylation is 2. The van der Waals surface area contributed by atoms with Gasteiger partial charge in [-0.15, -0.1) is 0 Å². The van der Waals surface area contributed by atoms with Gasteiger partial charge in [-0.3, -0.25) is 4.68 Å². The van der Waals surface area contributed by atoms with Gasteiger partial charge in [0.25, 0.3) is 0 Å². The van der Waals surface area contributed by atoms with Crippen molar-refractivity contribution in [1.82, 2.24) is 19.7 Å². The van der Waals surface area contributed by atoms with Crippen LogP contribution in [0.1, 0.15) is 26.1 Å². The second-order valence-electron chi connectivity index (χ2n) is 4.89. The Morgan fingerprint density at radius 1 is 1.32 bits per heavy atom. The van der Waals surface area contributed by atoms with E-state index in [1.165, 1.54) is 0 Å². The van der Waals surface area contributed by atoms with Gasteiger partial charge in [-0.1, -0.05) is 25.4 Å². The first-order chi connectivity index (χ1) is 9.02. The molecule has 0 radical (unpaired) electrons. The highest BCUT2D eigenvalue weighted by molar-refractivity contribution is 6.29. The number of hydrogen-bond donors (Lipinski definition) is 1. The highest BCUT2D eigenvalue weighted by Crippen LogP contribution is 2.16. The summed E-state index contributed by atoms with van der Waals surface area (Å²) in [6, 6.07) is 3.60. The average Bonchev–Trinajstić information content (AvgIpc) is 2.72. The summed E-state index contributed by atoms with van der Waals surface area (Å²) in [6.45, 7) is 7.13. The van der Waals surface area contributed by atoms with Crippen LogP contribution in [0, 0.1) is 12.8 Å². The molecule has 0 saturated heterocycles. The quantitative estimate of drug-likeness (QED) is 0.852. The predicted octanol–water partition coefficient (Wildman–Crippen LogP) is 3.42. The molecule has 0 fully saturated rings. The molecule has 0 aromatic carbocycles. The second kappa shape index (κ2) is 6.02. The first-order valence-electron chi connectivity index (χ1n) is 6.34. The molecule has 2 heterocycles. The maximum atomic E-state index is 5.89. The Morgan fingerprint density at radius 3 is 2.79 bits per heavy atom. The average molecular weight is 280 g/mol. The predicted molar refractivity (Wildman–Crippen MR) is 76.7 cm³/mol. The van der Waals surface area contributed by atoms with Crippen LogP contribution in [-0.2, 0) is 6.54 Å². The van der Waals surface area contributed by atoms with Crippen molar-refractivity contribution < 1.29 is 0 Å². The lowest BCUT2D eigenvalue weighted by molar-refractivity contribution is 0.488. The lowest BCUT2D eigenvalue weighted by atomic mass is 10.1. The first kappa shape index (κ1) is 13.8. The van der Waals surface area contributed by atoms with Gasteiger partial charge >= 0.3 is 0 Å². The fraction of sp³-hybridized carbons (Fsp3) is 0.462. The van der Waals surface area contributed by atoms with Gasteiger partial charge in [0.05, 0.1) is 0 Å². The molecule has 6 heteroatoms. The third kappa shape index (κ3) is 4.21. The Kier molecular flexibility index (Phi) is 4.37. The van der Waals surface area contributed by atoms with E-state index in [2.05, 4.69) is 34.2 Å². The summed E-state index contributed by atoms with van der Waals surface area (Å²) in [7, 11) is 0. The van der Waals surface area contributed by atoms with Crippen LogP contribution < -0.4 is 5.32 Å². The van der Waals surface area contributed by atoms with Gasteiger partial charge in [0.1, 0.15) is 16.8 Å². The van der Waals surface area contributed by atoms with Crippen molar-refractivity contribution in [3.05, 3.63) is 29.3 Å². The molecule has 5 nitrogen and oxygen atoms in total. The zero-order valence-corrected chi connectivity index (χ0v) is 12.1. The molecule has 102 valence electrons. The number of aromatic nitrogens is 4. The molecule has 0 bridgehead atoms. The number of hydrogen-bond acceptors (Lipinski definition) is 4. The minimum atomic E-state index is 0.425. The molecule has 0 aliphatic carbocycles. The Morgan fingerprint density at radius 2 is 2.11 bits per heavy atom. The molecule has 0 spiro atoms. The van der Waals surface area contributed by atoms with Gasteiger partial charge in [0.2, 0.25) is 0 Å². The minimum absolute atomic E-state index is 0.425. The zero-order valence-electron chi connectivity index (χ0n) is 11.4. The number of halogens is 1. The summed E-state index contributed by atoms with van der Waals surface area (Å²) < 4.78 is 1.93. The molecular formula is C13H18ClN5. The van der Waals surface area contributed by atoms with E-state index >= 15 is 0 Å². The summed E-state index contributed by atoms with van der Waals surface area (Å²) in [5.41, 5.74) is 0. The van der Waals surface area contributed by atoms with Crippen molar-refractivity contribution in [2.24, 2.45) is 5.92 Å². The normalized spacial score (nSPS) is 11.0. The number of rotatable bonds is 5. The largest absolute Gasteiger partial charge is 0.323 e. The SMILES string of the molecule is Cc1nc(Cl)cc(Nc2ccn(CCC(C)C)n2)n1. The smallest absolute Gasteiger partial charge is 0.153 e. The summed E-state index contributed by atoms with van der Waals surface area (Å²) in [4.78, 5) is 8.28. The number of anilines is 2. The van der Waals surface area contributed by atoms with Crippen LogP contribution in [0.2, 0.25) is 5.15 Å². The fourth-order valence-electron chi connectivity index (χ4n) is 1.67. The molecule has 2 aromatic rings. The molecule has 2 aromatic heterocycles. The highest BCUT2D eigenvalue weighted by Gasteiger charge is 2.04. The van der Waals surface area contributed by atoms with E-state index in [9.17, 15) is 0 Å². The van der Waals surface area contributed by atoms with E-state index in [0.717, 1.165) is 18.8 Å². The maximum Gasteiger partial charge on any atom is 0.153 e. The van der Waals surface area contributed by atoms with E-state index in [0.29, 0.717) is 22.7 Å². The molecule has 0 unspecified atom stereocenters. The molecule has 1 N–H and O–H groups in total. The molecule has 19 heavy (non-hydrogen) atoms. The maximum absolute atomic E-state index is 5.89. The van der Waals surface area contributed by atoms with Crippen LogP contribution in [0.4, 0.5) is 11.6 Å². The van der Waals surface area contributed by atoms with Gasteiger partial charge in [-0.2, -0.15) is 5.10 Å². The highest BCUT2D eigenvalue weighted by atomic mass is 35.5. The fourth-order valence-corrected chi connectivity index (χ4v) is 1.90. The van der Waals surface area contributed by atoms with Gasteiger partial charge in [0.15, 0.2) is 5.82 Å². The summed E-state index contributed by atoms with van der Waals surface area (Å²) in [5.74, 6) is 2.72. The Bertz CT molecular complexity index is 529. The Labute approximate surface area is 118 Å². The van der Waals surface area contributed by atoms with Crippen LogP contribution in [-0.4, -0.2) is 19.7 Å². The van der Waals surface area contributed by atoms with Gasteiger partial charge in [-0.05, 0) is 19.3 Å². The van der Waals surface area contributed by atoms with Crippen molar-refractivity contribution >= 4 is 23.2 Å². The van der Waals surface area contributed by atoms with Crippen molar-refractivity contribution in [3.63, 3.8) is 0 Å². The van der Waals surface area contributed by atoms with Gasteiger partial charge < -0.3 is 5.32 Å². The van der Waals surface area contributed by atoms with E-state index in [-0.39, 0.29) is 0 Å². The zero-order chi connectivity index (χ0) is 13.8. The number of nitrogens with one attached hydrogen (secondary N) is 1. The molecule has 2 rings (SSSR count). The standard InChI is InChI=1S/C13H18ClN5/c1-9(2)4-6-19-7-5-12(18-19)17-13-8-11(14)15-10(3)16-13/h5,7-9H,4,6H2,1-3H3,(H,15,16,17,18). The molecular weight excluding hydrogens is 262 g/mol. The van der Waals surface area contributed by atoms with Crippen LogP contribution in [0.25, 0.3) is 0 Å². The van der Waals surface area contributed by atoms with Crippen molar-refractivity contribution in [2.75, 3.05) is 5.32 Å². The Hall–Kier alpha value is -1.62. The molecule has 0 atom stereocenters. The van der Waals surface area contributed by atoms with Crippen LogP contribution in [0.3, 0.4) is 0 Å². The van der Waals surface area contributed by atoms with E-state index < -0.39 is 0 Å². The monoisotopic (exact) mass is 279 g/mol. The minimum Gasteiger partial charge on any atom is -0.323 e. The molecule has 0 aliphatic heterocycles. The van der Waals surface area contributed by atoms with Crippen LogP contribution in [0.5, 0.6) is 0 Å². The van der Waals surface area contributed by atoms with Crippen molar-refractivity contribution in [1.29, 1.82) is 0 Å². The molecule has 0 aliphatic rings. The van der Waals surface area contributed by atoms with E-state index in [4.69, 9.17) is 11.6 Å².